The van der Waals surface area contributed by atoms with E-state index in [4.69, 9.17) is 14.5 Å². The van der Waals surface area contributed by atoms with Gasteiger partial charge in [0.25, 0.3) is 11.8 Å². The van der Waals surface area contributed by atoms with Crippen LogP contribution in [0.1, 0.15) is 20.7 Å². The fourth-order valence-electron chi connectivity index (χ4n) is 1.46. The highest BCUT2D eigenvalue weighted by Gasteiger charge is 2.30. The number of hydrogen-bond acceptors (Lipinski definition) is 4. The summed E-state index contributed by atoms with van der Waals surface area (Å²) >= 11 is 0. The summed E-state index contributed by atoms with van der Waals surface area (Å²) < 4.78 is 15.5. The third-order valence-corrected chi connectivity index (χ3v) is 2.58. The molecule has 1 aromatic carbocycles. The van der Waals surface area contributed by atoms with Gasteiger partial charge in [-0.15, -0.1) is 0 Å². The molecule has 0 spiro atoms. The molecule has 1 aliphatic heterocycles. The van der Waals surface area contributed by atoms with Crippen molar-refractivity contribution in [1.29, 1.82) is 0 Å². The molecule has 1 heterocycles. The van der Waals surface area contributed by atoms with E-state index < -0.39 is 25.8 Å². The van der Waals surface area contributed by atoms with E-state index in [1.807, 2.05) is 0 Å². The van der Waals surface area contributed by atoms with Crippen molar-refractivity contribution in [3.8, 4) is 5.75 Å². The summed E-state index contributed by atoms with van der Waals surface area (Å²) in [4.78, 5) is 40.0. The summed E-state index contributed by atoms with van der Waals surface area (Å²) in [5.74, 6) is -1.20. The van der Waals surface area contributed by atoms with E-state index in [1.54, 1.807) is 0 Å². The molecule has 1 aliphatic rings. The third kappa shape index (κ3) is 2.36. The minimum Gasteiger partial charge on any atom is -0.480 e. The lowest BCUT2D eigenvalue weighted by atomic mass is 10.1. The molecule has 0 fully saturated rings. The molecule has 0 aliphatic carbocycles. The predicted molar refractivity (Wildman–Crippen MR) is 55.8 cm³/mol. The van der Waals surface area contributed by atoms with E-state index in [0.29, 0.717) is 0 Å². The number of rotatable bonds is 3. The van der Waals surface area contributed by atoms with Crippen molar-refractivity contribution in [2.45, 2.75) is 0 Å². The number of imide groups is 1. The Balaban J connectivity index is 2.34. The van der Waals surface area contributed by atoms with Gasteiger partial charge in [0.15, 0.2) is 6.35 Å². The first-order valence-electron chi connectivity index (χ1n) is 4.54. The number of hydrogen-bond donors (Lipinski definition) is 3. The van der Waals surface area contributed by atoms with Crippen molar-refractivity contribution in [3.05, 3.63) is 29.3 Å². The average Bonchev–Trinajstić information content (AvgIpc) is 2.52. The Morgan fingerprint density at radius 2 is 1.94 bits per heavy atom. The third-order valence-electron chi connectivity index (χ3n) is 2.11. The van der Waals surface area contributed by atoms with Gasteiger partial charge in [-0.05, 0) is 12.1 Å². The number of nitrogens with one attached hydrogen (secondary N) is 1. The minimum absolute atomic E-state index is 0.00551. The molecule has 1 aromatic rings. The van der Waals surface area contributed by atoms with Crippen LogP contribution in [0.2, 0.25) is 0 Å². The molecule has 0 saturated carbocycles. The largest absolute Gasteiger partial charge is 0.480 e. The lowest BCUT2D eigenvalue weighted by Crippen LogP contribution is -2.20. The molecule has 0 unspecified atom stereocenters. The zero-order chi connectivity index (χ0) is 12.6. The zero-order valence-corrected chi connectivity index (χ0v) is 9.31. The number of ether oxygens (including phenoxy) is 1. The average molecular weight is 257 g/mol. The molecule has 8 heteroatoms. The Hall–Kier alpha value is -1.69. The van der Waals surface area contributed by atoms with Crippen LogP contribution in [0, 0.1) is 0 Å². The Kier molecular flexibility index (Phi) is 2.74. The molecular weight excluding hydrogens is 249 g/mol. The SMILES string of the molecule is O=C1NC(=O)c2c(OCP(=O)(O)O)cccc21. The highest BCUT2D eigenvalue weighted by atomic mass is 31.2. The molecule has 3 N–H and O–H groups in total. The topological polar surface area (TPSA) is 113 Å². The highest BCUT2D eigenvalue weighted by molar-refractivity contribution is 7.51. The van der Waals surface area contributed by atoms with Crippen molar-refractivity contribution >= 4 is 19.4 Å². The number of carbonyl (C=O) groups excluding carboxylic acids is 2. The van der Waals surface area contributed by atoms with Crippen LogP contribution in [0.15, 0.2) is 18.2 Å². The number of amides is 2. The van der Waals surface area contributed by atoms with Gasteiger partial charge >= 0.3 is 7.60 Å². The molecule has 2 rings (SSSR count). The van der Waals surface area contributed by atoms with E-state index in [2.05, 4.69) is 5.32 Å². The second kappa shape index (κ2) is 3.96. The first kappa shape index (κ1) is 11.8. The van der Waals surface area contributed by atoms with Gasteiger partial charge in [0.05, 0.1) is 11.1 Å². The first-order chi connectivity index (χ1) is 7.88. The standard InChI is InChI=1S/C9H8NO6P/c11-8-5-2-1-3-6(7(5)9(12)10-8)16-4-17(13,14)15/h1-3H,4H2,(H,10,11,12)(H2,13,14,15). The molecule has 17 heavy (non-hydrogen) atoms. The van der Waals surface area contributed by atoms with E-state index in [1.165, 1.54) is 18.2 Å². The van der Waals surface area contributed by atoms with Gasteiger partial charge in [-0.25, -0.2) is 0 Å². The maximum absolute atomic E-state index is 11.4. The molecule has 0 radical (unpaired) electrons. The number of fused-ring (bicyclic) bond motifs is 1. The van der Waals surface area contributed by atoms with Crippen LogP contribution < -0.4 is 10.1 Å². The van der Waals surface area contributed by atoms with Gasteiger partial charge in [-0.1, -0.05) is 6.07 Å². The molecule has 0 aromatic heterocycles. The van der Waals surface area contributed by atoms with Crippen LogP contribution >= 0.6 is 7.60 Å². The van der Waals surface area contributed by atoms with Crippen LogP contribution in [0.5, 0.6) is 5.75 Å². The maximum atomic E-state index is 11.4. The summed E-state index contributed by atoms with van der Waals surface area (Å²) in [5, 5.41) is 2.07. The molecule has 7 nitrogen and oxygen atoms in total. The smallest absolute Gasteiger partial charge is 0.362 e. The Morgan fingerprint density at radius 1 is 1.24 bits per heavy atom. The lowest BCUT2D eigenvalue weighted by Gasteiger charge is -2.09. The van der Waals surface area contributed by atoms with Gasteiger partial charge in [0.2, 0.25) is 0 Å². The molecule has 0 bridgehead atoms. The van der Waals surface area contributed by atoms with Crippen molar-refractivity contribution in [2.75, 3.05) is 6.35 Å². The highest BCUT2D eigenvalue weighted by Crippen LogP contribution is 2.36. The lowest BCUT2D eigenvalue weighted by molar-refractivity contribution is 0.0878. The Bertz CT molecular complexity index is 548. The van der Waals surface area contributed by atoms with E-state index >= 15 is 0 Å². The van der Waals surface area contributed by atoms with Gasteiger partial charge in [0.1, 0.15) is 5.75 Å². The number of carbonyl (C=O) groups is 2. The summed E-state index contributed by atoms with van der Waals surface area (Å²) in [6, 6.07) is 4.26. The first-order valence-corrected chi connectivity index (χ1v) is 6.34. The van der Waals surface area contributed by atoms with Gasteiger partial charge in [-0.2, -0.15) is 0 Å². The molecule has 90 valence electrons. The molecular formula is C9H8NO6P. The van der Waals surface area contributed by atoms with Crippen LogP contribution in [0.4, 0.5) is 0 Å². The maximum Gasteiger partial charge on any atom is 0.362 e. The van der Waals surface area contributed by atoms with E-state index in [9.17, 15) is 14.2 Å². The summed E-state index contributed by atoms with van der Waals surface area (Å²) in [5.41, 5.74) is 0.143. The Labute approximate surface area is 95.6 Å². The van der Waals surface area contributed by atoms with E-state index in [-0.39, 0.29) is 16.9 Å². The monoisotopic (exact) mass is 257 g/mol. The van der Waals surface area contributed by atoms with Crippen LogP contribution in [-0.4, -0.2) is 27.9 Å². The Morgan fingerprint density at radius 3 is 2.59 bits per heavy atom. The van der Waals surface area contributed by atoms with Crippen molar-refractivity contribution in [2.24, 2.45) is 0 Å². The summed E-state index contributed by atoms with van der Waals surface area (Å²) in [6.07, 6.45) is -0.842. The van der Waals surface area contributed by atoms with Gasteiger partial charge in [-0.3, -0.25) is 19.5 Å². The predicted octanol–water partition coefficient (Wildman–Crippen LogP) is 0.0842. The van der Waals surface area contributed by atoms with Crippen molar-refractivity contribution in [1.82, 2.24) is 5.32 Å². The van der Waals surface area contributed by atoms with Gasteiger partial charge in [0, 0.05) is 0 Å². The van der Waals surface area contributed by atoms with Crippen LogP contribution in [-0.2, 0) is 4.57 Å². The molecule has 0 atom stereocenters. The minimum atomic E-state index is -4.33. The quantitative estimate of drug-likeness (QED) is 0.522. The van der Waals surface area contributed by atoms with Crippen LogP contribution in [0.3, 0.4) is 0 Å². The summed E-state index contributed by atoms with van der Waals surface area (Å²) in [6.45, 7) is 0. The fraction of sp³-hybridized carbons (Fsp3) is 0.111. The van der Waals surface area contributed by atoms with Crippen molar-refractivity contribution in [3.63, 3.8) is 0 Å². The van der Waals surface area contributed by atoms with E-state index in [0.717, 1.165) is 0 Å². The zero-order valence-electron chi connectivity index (χ0n) is 8.41. The molecule has 2 amide bonds. The molecule has 0 saturated heterocycles. The summed E-state index contributed by atoms with van der Waals surface area (Å²) in [7, 11) is -4.33. The van der Waals surface area contributed by atoms with Gasteiger partial charge < -0.3 is 14.5 Å². The fourth-order valence-corrected chi connectivity index (χ4v) is 1.77. The second-order valence-electron chi connectivity index (χ2n) is 3.40. The second-order valence-corrected chi connectivity index (χ2v) is 4.99. The number of benzene rings is 1. The van der Waals surface area contributed by atoms with Crippen LogP contribution in [0.25, 0.3) is 0 Å². The normalized spacial score (nSPS) is 14.5. The van der Waals surface area contributed by atoms with Crippen molar-refractivity contribution < 1.29 is 28.7 Å².